The molecule has 1 aromatic rings. The fourth-order valence-electron chi connectivity index (χ4n) is 1.38. The van der Waals surface area contributed by atoms with E-state index in [-0.39, 0.29) is 5.91 Å². The molecule has 3 N–H and O–H groups in total. The smallest absolute Gasteiger partial charge is 0.338 e. The molecule has 0 aliphatic heterocycles. The van der Waals surface area contributed by atoms with Crippen molar-refractivity contribution in [1.82, 2.24) is 0 Å². The van der Waals surface area contributed by atoms with E-state index in [1.165, 1.54) is 0 Å². The molecule has 1 rings (SSSR count). The third-order valence-electron chi connectivity index (χ3n) is 2.98. The molecule has 0 aliphatic rings. The number of carbonyl (C=O) groups is 2. The number of nitrogens with two attached hydrogens (primary N) is 1. The van der Waals surface area contributed by atoms with Crippen LogP contribution in [-0.2, 0) is 9.53 Å². The Hall–Kier alpha value is -1.40. The van der Waals surface area contributed by atoms with Gasteiger partial charge in [-0.25, -0.2) is 4.79 Å². The van der Waals surface area contributed by atoms with Gasteiger partial charge < -0.3 is 15.8 Å². The molecule has 0 saturated carbocycles. The van der Waals surface area contributed by atoms with Gasteiger partial charge in [-0.05, 0) is 54.4 Å². The lowest BCUT2D eigenvalue weighted by molar-refractivity contribution is -0.120. The van der Waals surface area contributed by atoms with E-state index in [0.29, 0.717) is 28.8 Å². The van der Waals surface area contributed by atoms with Crippen LogP contribution in [0.2, 0.25) is 0 Å². The molecule has 110 valence electrons. The topological polar surface area (TPSA) is 81.4 Å². The first-order valence-corrected chi connectivity index (χ1v) is 7.18. The van der Waals surface area contributed by atoms with E-state index in [2.05, 4.69) is 21.2 Å². The van der Waals surface area contributed by atoms with Gasteiger partial charge in [0.25, 0.3) is 0 Å². The van der Waals surface area contributed by atoms with Gasteiger partial charge in [-0.1, -0.05) is 6.92 Å². The zero-order valence-electron chi connectivity index (χ0n) is 11.8. The molecule has 0 aliphatic carbocycles. The van der Waals surface area contributed by atoms with Crippen LogP contribution in [0.4, 0.5) is 5.69 Å². The number of anilines is 1. The number of hydrogen-bond acceptors (Lipinski definition) is 4. The number of esters is 1. The summed E-state index contributed by atoms with van der Waals surface area (Å²) in [4.78, 5) is 23.6. The van der Waals surface area contributed by atoms with Crippen LogP contribution >= 0.6 is 15.9 Å². The second kappa shape index (κ2) is 6.85. The molecule has 0 saturated heterocycles. The average molecular weight is 343 g/mol. The number of carbonyl (C=O) groups excluding carboxylic acids is 2. The van der Waals surface area contributed by atoms with Gasteiger partial charge in [-0.2, -0.15) is 0 Å². The van der Waals surface area contributed by atoms with Crippen molar-refractivity contribution in [2.45, 2.75) is 32.7 Å². The van der Waals surface area contributed by atoms with Crippen molar-refractivity contribution in [1.29, 1.82) is 0 Å². The van der Waals surface area contributed by atoms with Crippen LogP contribution in [-0.4, -0.2) is 24.0 Å². The van der Waals surface area contributed by atoms with Gasteiger partial charge in [-0.15, -0.1) is 0 Å². The molecule has 0 bridgehead atoms. The summed E-state index contributed by atoms with van der Waals surface area (Å²) < 4.78 is 5.51. The summed E-state index contributed by atoms with van der Waals surface area (Å²) in [5.74, 6) is -0.673. The number of hydrogen-bond donors (Lipinski definition) is 2. The van der Waals surface area contributed by atoms with Crippen molar-refractivity contribution >= 4 is 33.5 Å². The zero-order valence-corrected chi connectivity index (χ0v) is 13.4. The van der Waals surface area contributed by atoms with E-state index in [4.69, 9.17) is 10.5 Å². The van der Waals surface area contributed by atoms with Gasteiger partial charge in [-0.3, -0.25) is 4.79 Å². The minimum Gasteiger partial charge on any atom is -0.462 e. The predicted molar refractivity (Wildman–Crippen MR) is 81.6 cm³/mol. The van der Waals surface area contributed by atoms with Crippen molar-refractivity contribution in [2.75, 3.05) is 11.9 Å². The lowest BCUT2D eigenvalue weighted by Gasteiger charge is -2.22. The van der Waals surface area contributed by atoms with Crippen LogP contribution in [0.15, 0.2) is 22.7 Å². The molecule has 5 nitrogen and oxygen atoms in total. The monoisotopic (exact) mass is 342 g/mol. The first-order valence-electron chi connectivity index (χ1n) is 6.38. The summed E-state index contributed by atoms with van der Waals surface area (Å²) in [5.41, 5.74) is 5.92. The van der Waals surface area contributed by atoms with E-state index >= 15 is 0 Å². The molecule has 1 unspecified atom stereocenters. The van der Waals surface area contributed by atoms with Gasteiger partial charge >= 0.3 is 5.97 Å². The van der Waals surface area contributed by atoms with Gasteiger partial charge in [0, 0.05) is 4.47 Å². The molecule has 0 fully saturated rings. The standard InChI is InChI=1S/C14H19BrN2O3/c1-4-14(3,16)13(19)17-11-7-6-9(8-10(11)15)12(18)20-5-2/h6-8H,4-5,16H2,1-3H3,(H,17,19). The van der Waals surface area contributed by atoms with Crippen LogP contribution in [0.5, 0.6) is 0 Å². The number of amides is 1. The second-order valence-corrected chi connectivity index (χ2v) is 5.49. The highest BCUT2D eigenvalue weighted by Crippen LogP contribution is 2.25. The van der Waals surface area contributed by atoms with E-state index in [1.54, 1.807) is 32.0 Å². The largest absolute Gasteiger partial charge is 0.462 e. The number of halogens is 1. The SMILES string of the molecule is CCOC(=O)c1ccc(NC(=O)C(C)(N)CC)c(Br)c1. The van der Waals surface area contributed by atoms with Crippen molar-refractivity contribution in [3.05, 3.63) is 28.2 Å². The van der Waals surface area contributed by atoms with E-state index in [9.17, 15) is 9.59 Å². The van der Waals surface area contributed by atoms with E-state index < -0.39 is 11.5 Å². The Morgan fingerprint density at radius 3 is 2.55 bits per heavy atom. The van der Waals surface area contributed by atoms with E-state index in [0.717, 1.165) is 0 Å². The Labute approximate surface area is 127 Å². The molecule has 0 heterocycles. The molecule has 1 aromatic carbocycles. The maximum absolute atomic E-state index is 12.0. The molecule has 0 radical (unpaired) electrons. The fourth-order valence-corrected chi connectivity index (χ4v) is 1.86. The Morgan fingerprint density at radius 1 is 1.40 bits per heavy atom. The molecule has 0 spiro atoms. The summed E-state index contributed by atoms with van der Waals surface area (Å²) >= 11 is 3.32. The Balaban J connectivity index is 2.89. The fraction of sp³-hybridized carbons (Fsp3) is 0.429. The van der Waals surface area contributed by atoms with Gasteiger partial charge in [0.2, 0.25) is 5.91 Å². The maximum Gasteiger partial charge on any atom is 0.338 e. The first kappa shape index (κ1) is 16.7. The number of nitrogens with one attached hydrogen (secondary N) is 1. The first-order chi connectivity index (χ1) is 9.31. The van der Waals surface area contributed by atoms with Crippen molar-refractivity contribution < 1.29 is 14.3 Å². The van der Waals surface area contributed by atoms with Crippen molar-refractivity contribution in [2.24, 2.45) is 5.73 Å². The molecule has 0 aromatic heterocycles. The molecule has 6 heteroatoms. The minimum absolute atomic E-state index is 0.274. The third kappa shape index (κ3) is 4.05. The quantitative estimate of drug-likeness (QED) is 0.806. The van der Waals surface area contributed by atoms with Crippen LogP contribution in [0.3, 0.4) is 0 Å². The van der Waals surface area contributed by atoms with E-state index in [1.807, 2.05) is 6.92 Å². The summed E-state index contributed by atoms with van der Waals surface area (Å²) in [6.07, 6.45) is 0.525. The van der Waals surface area contributed by atoms with Crippen LogP contribution < -0.4 is 11.1 Å². The lowest BCUT2D eigenvalue weighted by atomic mass is 9.99. The van der Waals surface area contributed by atoms with Crippen LogP contribution in [0, 0.1) is 0 Å². The normalized spacial score (nSPS) is 13.4. The van der Waals surface area contributed by atoms with Crippen molar-refractivity contribution in [3.8, 4) is 0 Å². The molecular weight excluding hydrogens is 324 g/mol. The van der Waals surface area contributed by atoms with Crippen LogP contribution in [0.25, 0.3) is 0 Å². The molecule has 1 atom stereocenters. The lowest BCUT2D eigenvalue weighted by Crippen LogP contribution is -2.47. The number of ether oxygens (including phenoxy) is 1. The molecular formula is C14H19BrN2O3. The zero-order chi connectivity index (χ0) is 15.3. The summed E-state index contributed by atoms with van der Waals surface area (Å²) in [6.45, 7) is 5.58. The Bertz CT molecular complexity index is 515. The Morgan fingerprint density at radius 2 is 2.05 bits per heavy atom. The summed E-state index contributed by atoms with van der Waals surface area (Å²) in [5, 5.41) is 2.74. The maximum atomic E-state index is 12.0. The summed E-state index contributed by atoms with van der Waals surface area (Å²) in [6, 6.07) is 4.84. The molecule has 20 heavy (non-hydrogen) atoms. The highest BCUT2D eigenvalue weighted by molar-refractivity contribution is 9.10. The average Bonchev–Trinajstić information content (AvgIpc) is 2.41. The highest BCUT2D eigenvalue weighted by Gasteiger charge is 2.26. The van der Waals surface area contributed by atoms with Gasteiger partial charge in [0.1, 0.15) is 0 Å². The third-order valence-corrected chi connectivity index (χ3v) is 3.64. The predicted octanol–water partition coefficient (Wildman–Crippen LogP) is 2.69. The van der Waals surface area contributed by atoms with Gasteiger partial charge in [0.15, 0.2) is 0 Å². The van der Waals surface area contributed by atoms with Crippen molar-refractivity contribution in [3.63, 3.8) is 0 Å². The highest BCUT2D eigenvalue weighted by atomic mass is 79.9. The minimum atomic E-state index is -0.931. The summed E-state index contributed by atoms with van der Waals surface area (Å²) in [7, 11) is 0. The van der Waals surface area contributed by atoms with Gasteiger partial charge in [0.05, 0.1) is 23.4 Å². The number of benzene rings is 1. The number of rotatable bonds is 5. The Kier molecular flexibility index (Phi) is 5.71. The second-order valence-electron chi connectivity index (χ2n) is 4.64. The van der Waals surface area contributed by atoms with Crippen LogP contribution in [0.1, 0.15) is 37.6 Å². The molecule has 1 amide bonds.